The van der Waals surface area contributed by atoms with E-state index in [0.717, 1.165) is 6.42 Å². The quantitative estimate of drug-likeness (QED) is 0.773. The summed E-state index contributed by atoms with van der Waals surface area (Å²) in [5, 5.41) is 0. The smallest absolute Gasteiger partial charge is 0.409 e. The highest BCUT2D eigenvalue weighted by Crippen LogP contribution is 2.22. The van der Waals surface area contributed by atoms with Crippen molar-refractivity contribution in [2.45, 2.75) is 19.3 Å². The van der Waals surface area contributed by atoms with Crippen LogP contribution in [0, 0.1) is 11.7 Å². The molecule has 0 bridgehead atoms. The molecule has 0 N–H and O–H groups in total. The fourth-order valence-electron chi connectivity index (χ4n) is 3.81. The van der Waals surface area contributed by atoms with Crippen molar-refractivity contribution < 1.29 is 23.5 Å². The molecular formula is C20H26FN3O4. The van der Waals surface area contributed by atoms with Crippen LogP contribution < -0.4 is 0 Å². The van der Waals surface area contributed by atoms with Gasteiger partial charge in [-0.1, -0.05) is 0 Å². The molecule has 2 fully saturated rings. The minimum Gasteiger partial charge on any atom is -0.453 e. The third-order valence-corrected chi connectivity index (χ3v) is 5.46. The van der Waals surface area contributed by atoms with Crippen molar-refractivity contribution in [3.05, 3.63) is 35.6 Å². The number of nitrogens with zero attached hydrogens (tertiary/aromatic N) is 3. The summed E-state index contributed by atoms with van der Waals surface area (Å²) < 4.78 is 17.8. The molecule has 7 nitrogen and oxygen atoms in total. The minimum absolute atomic E-state index is 0.0978. The fraction of sp³-hybridized carbons (Fsp3) is 0.550. The Hall–Kier alpha value is -2.64. The molecule has 0 spiro atoms. The number of benzene rings is 1. The van der Waals surface area contributed by atoms with E-state index < -0.39 is 0 Å². The maximum absolute atomic E-state index is 13.0. The topological polar surface area (TPSA) is 70.2 Å². The highest BCUT2D eigenvalue weighted by molar-refractivity contribution is 5.94. The second-order valence-electron chi connectivity index (χ2n) is 7.21. The molecular weight excluding hydrogens is 365 g/mol. The van der Waals surface area contributed by atoms with E-state index in [9.17, 15) is 18.8 Å². The normalized spacial score (nSPS) is 18.6. The van der Waals surface area contributed by atoms with Crippen LogP contribution in [0.4, 0.5) is 9.18 Å². The molecule has 2 aliphatic heterocycles. The predicted molar refractivity (Wildman–Crippen MR) is 100 cm³/mol. The van der Waals surface area contributed by atoms with E-state index in [1.165, 1.54) is 31.4 Å². The molecule has 2 aliphatic rings. The molecule has 1 aromatic rings. The summed E-state index contributed by atoms with van der Waals surface area (Å²) in [6.45, 7) is 3.20. The molecule has 3 amide bonds. The summed E-state index contributed by atoms with van der Waals surface area (Å²) in [5.41, 5.74) is 0.460. The Labute approximate surface area is 164 Å². The summed E-state index contributed by atoms with van der Waals surface area (Å²) in [6, 6.07) is 5.53. The van der Waals surface area contributed by atoms with Gasteiger partial charge in [-0.2, -0.15) is 0 Å². The SMILES string of the molecule is COC(=O)N1CCCN(C(=O)C2CCN(C(=O)c3ccc(F)cc3)CC2)CC1. The van der Waals surface area contributed by atoms with E-state index in [1.54, 1.807) is 9.80 Å². The van der Waals surface area contributed by atoms with Crippen LogP contribution in [-0.2, 0) is 9.53 Å². The van der Waals surface area contributed by atoms with Gasteiger partial charge in [-0.15, -0.1) is 0 Å². The van der Waals surface area contributed by atoms with Crippen molar-refractivity contribution in [3.8, 4) is 0 Å². The van der Waals surface area contributed by atoms with Gasteiger partial charge in [0.25, 0.3) is 5.91 Å². The first-order valence-corrected chi connectivity index (χ1v) is 9.66. The van der Waals surface area contributed by atoms with Crippen molar-refractivity contribution in [2.24, 2.45) is 5.92 Å². The van der Waals surface area contributed by atoms with E-state index in [4.69, 9.17) is 4.74 Å². The van der Waals surface area contributed by atoms with Crippen LogP contribution in [0.25, 0.3) is 0 Å². The van der Waals surface area contributed by atoms with Gasteiger partial charge in [0.2, 0.25) is 5.91 Å². The number of hydrogen-bond donors (Lipinski definition) is 0. The fourth-order valence-corrected chi connectivity index (χ4v) is 3.81. The first-order valence-electron chi connectivity index (χ1n) is 9.66. The maximum Gasteiger partial charge on any atom is 0.409 e. The second-order valence-corrected chi connectivity index (χ2v) is 7.21. The van der Waals surface area contributed by atoms with Crippen molar-refractivity contribution in [3.63, 3.8) is 0 Å². The Morgan fingerprint density at radius 2 is 1.50 bits per heavy atom. The van der Waals surface area contributed by atoms with Crippen LogP contribution in [0.3, 0.4) is 0 Å². The van der Waals surface area contributed by atoms with Gasteiger partial charge in [0.05, 0.1) is 7.11 Å². The number of rotatable bonds is 2. The Kier molecular flexibility index (Phi) is 6.49. The zero-order valence-electron chi connectivity index (χ0n) is 16.1. The molecule has 3 rings (SSSR count). The summed E-state index contributed by atoms with van der Waals surface area (Å²) in [6.07, 6.45) is 1.59. The lowest BCUT2D eigenvalue weighted by atomic mass is 9.94. The van der Waals surface area contributed by atoms with E-state index >= 15 is 0 Å². The molecule has 8 heteroatoms. The van der Waals surface area contributed by atoms with E-state index in [-0.39, 0.29) is 29.6 Å². The number of hydrogen-bond acceptors (Lipinski definition) is 4. The number of carbonyl (C=O) groups excluding carboxylic acids is 3. The number of amides is 3. The lowest BCUT2D eigenvalue weighted by molar-refractivity contribution is -0.136. The molecule has 152 valence electrons. The summed E-state index contributed by atoms with van der Waals surface area (Å²) in [7, 11) is 1.36. The molecule has 0 atom stereocenters. The van der Waals surface area contributed by atoms with Crippen LogP contribution in [-0.4, -0.2) is 79.0 Å². The molecule has 0 saturated carbocycles. The molecule has 2 saturated heterocycles. The molecule has 0 unspecified atom stereocenters. The highest BCUT2D eigenvalue weighted by atomic mass is 19.1. The minimum atomic E-state index is -0.371. The molecule has 0 aromatic heterocycles. The number of halogens is 1. The summed E-state index contributed by atoms with van der Waals surface area (Å²) in [4.78, 5) is 42.2. The molecule has 28 heavy (non-hydrogen) atoms. The number of piperidine rings is 1. The van der Waals surface area contributed by atoms with Crippen molar-refractivity contribution in [1.82, 2.24) is 14.7 Å². The summed E-state index contributed by atoms with van der Waals surface area (Å²) in [5.74, 6) is -0.513. The first kappa shape index (κ1) is 20.1. The van der Waals surface area contributed by atoms with E-state index in [1.807, 2.05) is 4.90 Å². The van der Waals surface area contributed by atoms with Gasteiger partial charge >= 0.3 is 6.09 Å². The third-order valence-electron chi connectivity index (χ3n) is 5.46. The van der Waals surface area contributed by atoms with Gasteiger partial charge in [0, 0.05) is 50.7 Å². The standard InChI is InChI=1S/C20H26FN3O4/c1-28-20(27)24-10-2-9-22(13-14-24)19(26)16-7-11-23(12-8-16)18(25)15-3-5-17(21)6-4-15/h3-6,16H,2,7-14H2,1H3. The molecule has 2 heterocycles. The van der Waals surface area contributed by atoms with Gasteiger partial charge in [-0.05, 0) is 43.5 Å². The zero-order valence-corrected chi connectivity index (χ0v) is 16.1. The lowest BCUT2D eigenvalue weighted by Crippen LogP contribution is -2.45. The second kappa shape index (κ2) is 9.03. The Morgan fingerprint density at radius 1 is 0.893 bits per heavy atom. The van der Waals surface area contributed by atoms with Crippen LogP contribution >= 0.6 is 0 Å². The summed E-state index contributed by atoms with van der Waals surface area (Å²) >= 11 is 0. The molecule has 1 aromatic carbocycles. The number of methoxy groups -OCH3 is 1. The van der Waals surface area contributed by atoms with Crippen LogP contribution in [0.1, 0.15) is 29.6 Å². The maximum atomic E-state index is 13.0. The largest absolute Gasteiger partial charge is 0.453 e. The highest BCUT2D eigenvalue weighted by Gasteiger charge is 2.31. The number of ether oxygens (including phenoxy) is 1. The average Bonchev–Trinajstić information content (AvgIpc) is 2.99. The van der Waals surface area contributed by atoms with Gasteiger partial charge in [-0.25, -0.2) is 9.18 Å². The monoisotopic (exact) mass is 391 g/mol. The zero-order chi connectivity index (χ0) is 20.1. The van der Waals surface area contributed by atoms with E-state index in [0.29, 0.717) is 57.7 Å². The Morgan fingerprint density at radius 3 is 2.14 bits per heavy atom. The van der Waals surface area contributed by atoms with E-state index in [2.05, 4.69) is 0 Å². The molecule has 0 radical (unpaired) electrons. The average molecular weight is 391 g/mol. The first-order chi connectivity index (χ1) is 13.5. The van der Waals surface area contributed by atoms with Gasteiger partial charge in [0.1, 0.15) is 5.82 Å². The van der Waals surface area contributed by atoms with Gasteiger partial charge in [-0.3, -0.25) is 9.59 Å². The van der Waals surface area contributed by atoms with Crippen LogP contribution in [0.5, 0.6) is 0 Å². The molecule has 0 aliphatic carbocycles. The number of likely N-dealkylation sites (tertiary alicyclic amines) is 1. The van der Waals surface area contributed by atoms with Crippen LogP contribution in [0.15, 0.2) is 24.3 Å². The predicted octanol–water partition coefficient (Wildman–Crippen LogP) is 1.98. The van der Waals surface area contributed by atoms with Crippen LogP contribution in [0.2, 0.25) is 0 Å². The Bertz CT molecular complexity index is 717. The van der Waals surface area contributed by atoms with Crippen molar-refractivity contribution in [1.29, 1.82) is 0 Å². The van der Waals surface area contributed by atoms with Crippen molar-refractivity contribution in [2.75, 3.05) is 46.4 Å². The Balaban J connectivity index is 1.51. The van der Waals surface area contributed by atoms with Gasteiger partial charge < -0.3 is 19.4 Å². The van der Waals surface area contributed by atoms with Crippen molar-refractivity contribution >= 4 is 17.9 Å². The third kappa shape index (κ3) is 4.61. The van der Waals surface area contributed by atoms with Gasteiger partial charge in [0.15, 0.2) is 0 Å². The lowest BCUT2D eigenvalue weighted by Gasteiger charge is -2.34. The number of carbonyl (C=O) groups is 3.